The molecule has 1 fully saturated rings. The van der Waals surface area contributed by atoms with Crippen molar-refractivity contribution < 1.29 is 0 Å². The maximum atomic E-state index is 6.17. The second kappa shape index (κ2) is 4.65. The van der Waals surface area contributed by atoms with Crippen LogP contribution in [0.3, 0.4) is 0 Å². The fourth-order valence-electron chi connectivity index (χ4n) is 1.33. The molecule has 0 spiro atoms. The van der Waals surface area contributed by atoms with Crippen molar-refractivity contribution in [3.63, 3.8) is 0 Å². The average Bonchev–Trinajstić information content (AvgIpc) is 2.77. The minimum absolute atomic E-state index is 0.375. The van der Waals surface area contributed by atoms with Gasteiger partial charge in [0, 0.05) is 11.9 Å². The Morgan fingerprint density at radius 2 is 2.00 bits per heavy atom. The van der Waals surface area contributed by atoms with E-state index in [4.69, 9.17) is 11.6 Å². The van der Waals surface area contributed by atoms with Gasteiger partial charge in [-0.05, 0) is 37.1 Å². The van der Waals surface area contributed by atoms with Gasteiger partial charge in [-0.1, -0.05) is 20.8 Å². The van der Waals surface area contributed by atoms with Gasteiger partial charge in [-0.2, -0.15) is 0 Å². The minimum Gasteiger partial charge on any atom is -0.315 e. The largest absolute Gasteiger partial charge is 0.315 e. The molecule has 13 heavy (non-hydrogen) atoms. The van der Waals surface area contributed by atoms with Crippen molar-refractivity contribution >= 4 is 11.6 Å². The highest BCUT2D eigenvalue weighted by Crippen LogP contribution is 2.35. The minimum atomic E-state index is 0.375. The van der Waals surface area contributed by atoms with E-state index in [0.29, 0.717) is 10.8 Å². The Balaban J connectivity index is 1.94. The molecule has 0 aliphatic heterocycles. The number of hydrogen-bond acceptors (Lipinski definition) is 1. The van der Waals surface area contributed by atoms with Crippen molar-refractivity contribution in [2.75, 3.05) is 13.1 Å². The molecule has 1 nitrogen and oxygen atoms in total. The van der Waals surface area contributed by atoms with Gasteiger partial charge in [0.1, 0.15) is 0 Å². The number of nitrogens with one attached hydrogen (secondary N) is 1. The van der Waals surface area contributed by atoms with Gasteiger partial charge < -0.3 is 5.32 Å². The monoisotopic (exact) mass is 203 g/mol. The van der Waals surface area contributed by atoms with Crippen LogP contribution in [0.2, 0.25) is 0 Å². The van der Waals surface area contributed by atoms with Crippen molar-refractivity contribution in [3.05, 3.63) is 0 Å². The molecule has 1 saturated carbocycles. The van der Waals surface area contributed by atoms with Crippen LogP contribution >= 0.6 is 11.6 Å². The van der Waals surface area contributed by atoms with Gasteiger partial charge in [0.15, 0.2) is 0 Å². The van der Waals surface area contributed by atoms with Crippen LogP contribution in [0.15, 0.2) is 0 Å². The third-order valence-electron chi connectivity index (χ3n) is 2.52. The van der Waals surface area contributed by atoms with Crippen molar-refractivity contribution in [2.24, 2.45) is 11.3 Å². The zero-order valence-corrected chi connectivity index (χ0v) is 9.82. The molecule has 1 aliphatic rings. The van der Waals surface area contributed by atoms with Crippen LogP contribution in [0.4, 0.5) is 0 Å². The van der Waals surface area contributed by atoms with E-state index in [9.17, 15) is 0 Å². The first kappa shape index (κ1) is 11.3. The molecule has 0 radical (unpaired) electrons. The SMILES string of the molecule is CC(C)(C)CCNCC(Cl)C1CC1. The molecule has 0 saturated heterocycles. The summed E-state index contributed by atoms with van der Waals surface area (Å²) in [5, 5.41) is 3.81. The van der Waals surface area contributed by atoms with E-state index in [1.807, 2.05) is 0 Å². The molecular weight excluding hydrogens is 182 g/mol. The Morgan fingerprint density at radius 3 is 2.46 bits per heavy atom. The molecule has 1 N–H and O–H groups in total. The maximum absolute atomic E-state index is 6.17. The van der Waals surface area contributed by atoms with Crippen LogP contribution in [-0.2, 0) is 0 Å². The second-order valence-electron chi connectivity index (χ2n) is 5.37. The zero-order chi connectivity index (χ0) is 9.90. The molecule has 0 heterocycles. The molecule has 0 aromatic rings. The topological polar surface area (TPSA) is 12.0 Å². The van der Waals surface area contributed by atoms with Crippen LogP contribution in [0, 0.1) is 11.3 Å². The Morgan fingerprint density at radius 1 is 1.38 bits per heavy atom. The fraction of sp³-hybridized carbons (Fsp3) is 1.00. The molecule has 0 aromatic heterocycles. The predicted molar refractivity (Wildman–Crippen MR) is 59.3 cm³/mol. The van der Waals surface area contributed by atoms with E-state index in [0.717, 1.165) is 19.0 Å². The van der Waals surface area contributed by atoms with E-state index < -0.39 is 0 Å². The normalized spacial score (nSPS) is 20.3. The smallest absolute Gasteiger partial charge is 0.0488 e. The molecule has 1 atom stereocenters. The Hall–Kier alpha value is 0.250. The van der Waals surface area contributed by atoms with Crippen LogP contribution in [0.5, 0.6) is 0 Å². The summed E-state index contributed by atoms with van der Waals surface area (Å²) in [7, 11) is 0. The van der Waals surface area contributed by atoms with Gasteiger partial charge in [0.2, 0.25) is 0 Å². The van der Waals surface area contributed by atoms with Gasteiger partial charge in [-0.25, -0.2) is 0 Å². The highest BCUT2D eigenvalue weighted by atomic mass is 35.5. The quantitative estimate of drug-likeness (QED) is 0.535. The number of alkyl halides is 1. The van der Waals surface area contributed by atoms with Crippen LogP contribution in [-0.4, -0.2) is 18.5 Å². The van der Waals surface area contributed by atoms with E-state index in [1.54, 1.807) is 0 Å². The fourth-order valence-corrected chi connectivity index (χ4v) is 1.69. The Labute approximate surface area is 87.2 Å². The lowest BCUT2D eigenvalue weighted by molar-refractivity contribution is 0.366. The third kappa shape index (κ3) is 5.53. The lowest BCUT2D eigenvalue weighted by Crippen LogP contribution is -2.27. The van der Waals surface area contributed by atoms with Crippen molar-refractivity contribution in [1.82, 2.24) is 5.32 Å². The van der Waals surface area contributed by atoms with Gasteiger partial charge in [-0.15, -0.1) is 11.6 Å². The summed E-state index contributed by atoms with van der Waals surface area (Å²) in [5.74, 6) is 0.809. The highest BCUT2D eigenvalue weighted by Gasteiger charge is 2.29. The third-order valence-corrected chi connectivity index (χ3v) is 3.04. The van der Waals surface area contributed by atoms with Crippen LogP contribution < -0.4 is 5.32 Å². The summed E-state index contributed by atoms with van der Waals surface area (Å²) in [4.78, 5) is 0. The van der Waals surface area contributed by atoms with E-state index >= 15 is 0 Å². The van der Waals surface area contributed by atoms with E-state index in [-0.39, 0.29) is 0 Å². The maximum Gasteiger partial charge on any atom is 0.0488 e. The number of rotatable bonds is 5. The molecular formula is C11H22ClN. The summed E-state index contributed by atoms with van der Waals surface area (Å²) in [6.07, 6.45) is 3.91. The first-order valence-electron chi connectivity index (χ1n) is 5.34. The van der Waals surface area contributed by atoms with Crippen LogP contribution in [0.25, 0.3) is 0 Å². The van der Waals surface area contributed by atoms with Gasteiger partial charge >= 0.3 is 0 Å². The van der Waals surface area contributed by atoms with E-state index in [2.05, 4.69) is 26.1 Å². The lowest BCUT2D eigenvalue weighted by Gasteiger charge is -2.18. The Kier molecular flexibility index (Phi) is 4.06. The highest BCUT2D eigenvalue weighted by molar-refractivity contribution is 6.21. The molecule has 2 heteroatoms. The van der Waals surface area contributed by atoms with Gasteiger partial charge in [0.05, 0.1) is 0 Å². The summed E-state index contributed by atoms with van der Waals surface area (Å²) in [6.45, 7) is 8.90. The second-order valence-corrected chi connectivity index (χ2v) is 5.93. The van der Waals surface area contributed by atoms with Crippen molar-refractivity contribution in [2.45, 2.75) is 45.4 Å². The van der Waals surface area contributed by atoms with Gasteiger partial charge in [0.25, 0.3) is 0 Å². The summed E-state index contributed by atoms with van der Waals surface area (Å²) < 4.78 is 0. The number of hydrogen-bond donors (Lipinski definition) is 1. The van der Waals surface area contributed by atoms with Crippen LogP contribution in [0.1, 0.15) is 40.0 Å². The molecule has 0 amide bonds. The van der Waals surface area contributed by atoms with Crippen molar-refractivity contribution in [3.8, 4) is 0 Å². The van der Waals surface area contributed by atoms with E-state index in [1.165, 1.54) is 19.3 Å². The standard InChI is InChI=1S/C11H22ClN/c1-11(2,3)6-7-13-8-10(12)9-4-5-9/h9-10,13H,4-8H2,1-3H3. The molecule has 0 aromatic carbocycles. The average molecular weight is 204 g/mol. The molecule has 1 unspecified atom stereocenters. The molecule has 78 valence electrons. The predicted octanol–water partition coefficient (Wildman–Crippen LogP) is 3.03. The summed E-state index contributed by atoms with van der Waals surface area (Å²) >= 11 is 6.17. The first-order valence-corrected chi connectivity index (χ1v) is 5.77. The summed E-state index contributed by atoms with van der Waals surface area (Å²) in [6, 6.07) is 0. The molecule has 0 bridgehead atoms. The Bertz CT molecular complexity index is 147. The number of halogens is 1. The molecule has 1 rings (SSSR count). The zero-order valence-electron chi connectivity index (χ0n) is 9.07. The molecule has 1 aliphatic carbocycles. The van der Waals surface area contributed by atoms with Crippen molar-refractivity contribution in [1.29, 1.82) is 0 Å². The summed E-state index contributed by atoms with van der Waals surface area (Å²) in [5.41, 5.74) is 0.439. The van der Waals surface area contributed by atoms with Gasteiger partial charge in [-0.3, -0.25) is 0 Å². The lowest BCUT2D eigenvalue weighted by atomic mass is 9.92. The first-order chi connectivity index (χ1) is 5.99.